The maximum Gasteiger partial charge on any atom is 0.273 e. The van der Waals surface area contributed by atoms with Crippen LogP contribution in [0.1, 0.15) is 19.8 Å². The molecule has 0 radical (unpaired) electrons. The summed E-state index contributed by atoms with van der Waals surface area (Å²) in [6.45, 7) is 1.44. The highest BCUT2D eigenvalue weighted by atomic mass is 16.6. The van der Waals surface area contributed by atoms with E-state index in [9.17, 15) is 15.0 Å². The Morgan fingerprint density at radius 3 is 2.41 bits per heavy atom. The summed E-state index contributed by atoms with van der Waals surface area (Å²) in [5.74, 6) is -0.686. The molecule has 1 aliphatic heterocycles. The minimum absolute atomic E-state index is 0.0635. The van der Waals surface area contributed by atoms with Crippen LogP contribution in [-0.2, 0) is 9.53 Å². The minimum Gasteiger partial charge on any atom is -0.400 e. The molecular formula is C13H24N4O5. The van der Waals surface area contributed by atoms with E-state index in [0.717, 1.165) is 6.42 Å². The van der Waals surface area contributed by atoms with Crippen molar-refractivity contribution in [3.8, 4) is 0 Å². The second-order valence-electron chi connectivity index (χ2n) is 4.99. The van der Waals surface area contributed by atoms with Gasteiger partial charge in [0.1, 0.15) is 24.0 Å². The molecule has 0 aromatic rings. The Kier molecular flexibility index (Phi) is 6.75. The summed E-state index contributed by atoms with van der Waals surface area (Å²) >= 11 is 0. The molecule has 4 unspecified atom stereocenters. The van der Waals surface area contributed by atoms with Crippen LogP contribution in [0.2, 0.25) is 0 Å². The summed E-state index contributed by atoms with van der Waals surface area (Å²) in [6, 6.07) is 0. The second-order valence-corrected chi connectivity index (χ2v) is 4.99. The van der Waals surface area contributed by atoms with E-state index < -0.39 is 37.1 Å². The van der Waals surface area contributed by atoms with E-state index in [-0.39, 0.29) is 11.4 Å². The SMILES string of the molecule is CCCC(N)=C(N)C(=NC)C(=O)NC1OC(CO)C(O)C1O. The number of nitrogens with two attached hydrogens (primary N) is 2. The molecule has 22 heavy (non-hydrogen) atoms. The van der Waals surface area contributed by atoms with Crippen LogP contribution in [0.3, 0.4) is 0 Å². The Morgan fingerprint density at radius 2 is 1.95 bits per heavy atom. The van der Waals surface area contributed by atoms with Gasteiger partial charge in [-0.05, 0) is 6.42 Å². The molecule has 1 aliphatic rings. The normalized spacial score (nSPS) is 30.1. The number of ether oxygens (including phenoxy) is 1. The molecular weight excluding hydrogens is 292 g/mol. The molecule has 1 rings (SSSR count). The van der Waals surface area contributed by atoms with Crippen molar-refractivity contribution in [1.82, 2.24) is 5.32 Å². The number of rotatable bonds is 6. The molecule has 0 saturated carbocycles. The maximum atomic E-state index is 12.2. The van der Waals surface area contributed by atoms with Gasteiger partial charge in [-0.3, -0.25) is 9.79 Å². The van der Waals surface area contributed by atoms with Gasteiger partial charge in [-0.2, -0.15) is 0 Å². The maximum absolute atomic E-state index is 12.2. The lowest BCUT2D eigenvalue weighted by Crippen LogP contribution is -2.47. The average molecular weight is 316 g/mol. The van der Waals surface area contributed by atoms with Crippen LogP contribution in [0.4, 0.5) is 0 Å². The molecule has 8 N–H and O–H groups in total. The van der Waals surface area contributed by atoms with Gasteiger partial charge < -0.3 is 36.8 Å². The number of carbonyl (C=O) groups is 1. The fourth-order valence-electron chi connectivity index (χ4n) is 2.12. The standard InChI is InChI=1S/C13H24N4O5/c1-3-4-6(14)8(15)9(16-2)12(21)17-13-11(20)10(19)7(5-18)22-13/h7,10-11,13,18-20H,3-5,14-15H2,1-2H3,(H,17,21). The van der Waals surface area contributed by atoms with Gasteiger partial charge in [0.15, 0.2) is 6.23 Å². The molecule has 1 fully saturated rings. The van der Waals surface area contributed by atoms with Crippen LogP contribution in [0, 0.1) is 0 Å². The third-order valence-corrected chi connectivity index (χ3v) is 3.37. The summed E-state index contributed by atoms with van der Waals surface area (Å²) in [7, 11) is 1.39. The molecule has 0 aliphatic carbocycles. The van der Waals surface area contributed by atoms with Crippen LogP contribution < -0.4 is 16.8 Å². The first kappa shape index (κ1) is 18.4. The van der Waals surface area contributed by atoms with Crippen molar-refractivity contribution < 1.29 is 24.9 Å². The molecule has 0 spiro atoms. The predicted molar refractivity (Wildman–Crippen MR) is 79.6 cm³/mol. The zero-order valence-corrected chi connectivity index (χ0v) is 12.7. The van der Waals surface area contributed by atoms with E-state index in [1.807, 2.05) is 6.92 Å². The number of aliphatic imine (C=N–C) groups is 1. The summed E-state index contributed by atoms with van der Waals surface area (Å²) in [4.78, 5) is 16.0. The lowest BCUT2D eigenvalue weighted by molar-refractivity contribution is -0.121. The highest BCUT2D eigenvalue weighted by molar-refractivity contribution is 6.45. The van der Waals surface area contributed by atoms with Crippen LogP contribution in [0.15, 0.2) is 16.4 Å². The zero-order chi connectivity index (χ0) is 16.9. The Bertz CT molecular complexity index is 465. The third kappa shape index (κ3) is 3.95. The molecule has 4 atom stereocenters. The summed E-state index contributed by atoms with van der Waals surface area (Å²) in [5, 5.41) is 30.8. The van der Waals surface area contributed by atoms with E-state index in [2.05, 4.69) is 10.3 Å². The smallest absolute Gasteiger partial charge is 0.273 e. The van der Waals surface area contributed by atoms with Gasteiger partial charge in [0, 0.05) is 12.7 Å². The Hall–Kier alpha value is -1.68. The van der Waals surface area contributed by atoms with E-state index >= 15 is 0 Å². The quantitative estimate of drug-likeness (QED) is 0.296. The highest BCUT2D eigenvalue weighted by Gasteiger charge is 2.43. The van der Waals surface area contributed by atoms with E-state index in [1.165, 1.54) is 7.05 Å². The number of nitrogens with one attached hydrogen (secondary N) is 1. The van der Waals surface area contributed by atoms with Crippen molar-refractivity contribution in [2.75, 3.05) is 13.7 Å². The van der Waals surface area contributed by atoms with E-state index in [4.69, 9.17) is 21.3 Å². The molecule has 0 bridgehead atoms. The molecule has 0 aromatic carbocycles. The van der Waals surface area contributed by atoms with Crippen LogP contribution in [0.25, 0.3) is 0 Å². The first-order valence-electron chi connectivity index (χ1n) is 7.01. The van der Waals surface area contributed by atoms with Gasteiger partial charge >= 0.3 is 0 Å². The summed E-state index contributed by atoms with van der Waals surface area (Å²) in [5.41, 5.74) is 11.9. The minimum atomic E-state index is -1.36. The predicted octanol–water partition coefficient (Wildman–Crippen LogP) is -2.46. The van der Waals surface area contributed by atoms with Gasteiger partial charge in [0.25, 0.3) is 5.91 Å². The number of aliphatic hydroxyl groups excluding tert-OH is 3. The number of nitrogens with zero attached hydrogens (tertiary/aromatic N) is 1. The molecule has 9 nitrogen and oxygen atoms in total. The van der Waals surface area contributed by atoms with Crippen LogP contribution >= 0.6 is 0 Å². The van der Waals surface area contributed by atoms with Crippen molar-refractivity contribution in [2.24, 2.45) is 16.5 Å². The molecule has 9 heteroatoms. The number of hydrogen-bond donors (Lipinski definition) is 6. The molecule has 0 aromatic heterocycles. The number of hydrogen-bond acceptors (Lipinski definition) is 8. The van der Waals surface area contributed by atoms with Gasteiger partial charge in [0.2, 0.25) is 0 Å². The van der Waals surface area contributed by atoms with Crippen molar-refractivity contribution >= 4 is 11.6 Å². The first-order chi connectivity index (χ1) is 10.4. The van der Waals surface area contributed by atoms with Gasteiger partial charge in [0.05, 0.1) is 12.3 Å². The number of carbonyl (C=O) groups excluding carboxylic acids is 1. The lowest BCUT2D eigenvalue weighted by atomic mass is 10.1. The second kappa shape index (κ2) is 8.08. The Morgan fingerprint density at radius 1 is 1.32 bits per heavy atom. The van der Waals surface area contributed by atoms with Crippen molar-refractivity contribution in [3.63, 3.8) is 0 Å². The fourth-order valence-corrected chi connectivity index (χ4v) is 2.12. The molecule has 1 amide bonds. The summed E-state index contributed by atoms with van der Waals surface area (Å²) < 4.78 is 5.16. The highest BCUT2D eigenvalue weighted by Crippen LogP contribution is 2.19. The number of amides is 1. The molecule has 1 heterocycles. The van der Waals surface area contributed by atoms with Gasteiger partial charge in [-0.25, -0.2) is 0 Å². The number of aliphatic hydroxyl groups is 3. The largest absolute Gasteiger partial charge is 0.400 e. The Labute approximate surface area is 128 Å². The average Bonchev–Trinajstić information content (AvgIpc) is 2.76. The van der Waals surface area contributed by atoms with Gasteiger partial charge in [-0.1, -0.05) is 13.3 Å². The first-order valence-corrected chi connectivity index (χ1v) is 7.01. The fraction of sp³-hybridized carbons (Fsp3) is 0.692. The van der Waals surface area contributed by atoms with Crippen molar-refractivity contribution in [2.45, 2.75) is 44.3 Å². The lowest BCUT2D eigenvalue weighted by Gasteiger charge is -2.17. The monoisotopic (exact) mass is 316 g/mol. The van der Waals surface area contributed by atoms with E-state index in [1.54, 1.807) is 0 Å². The van der Waals surface area contributed by atoms with Crippen LogP contribution in [-0.4, -0.2) is 65.1 Å². The van der Waals surface area contributed by atoms with Crippen molar-refractivity contribution in [3.05, 3.63) is 11.4 Å². The zero-order valence-electron chi connectivity index (χ0n) is 12.7. The Balaban J connectivity index is 2.81. The number of allylic oxidation sites excluding steroid dienone is 1. The third-order valence-electron chi connectivity index (χ3n) is 3.37. The van der Waals surface area contributed by atoms with Crippen molar-refractivity contribution in [1.29, 1.82) is 0 Å². The van der Waals surface area contributed by atoms with Crippen LogP contribution in [0.5, 0.6) is 0 Å². The van der Waals surface area contributed by atoms with E-state index in [0.29, 0.717) is 12.1 Å². The molecule has 126 valence electrons. The topological polar surface area (TPSA) is 163 Å². The van der Waals surface area contributed by atoms with Gasteiger partial charge in [-0.15, -0.1) is 0 Å². The molecule has 1 saturated heterocycles. The summed E-state index contributed by atoms with van der Waals surface area (Å²) in [6.07, 6.45) is -3.52.